The van der Waals surface area contributed by atoms with Crippen molar-refractivity contribution in [2.24, 2.45) is 0 Å². The Morgan fingerprint density at radius 1 is 1.19 bits per heavy atom. The number of hydrogen-bond acceptors (Lipinski definition) is 2. The minimum absolute atomic E-state index is 0.0653. The van der Waals surface area contributed by atoms with E-state index in [1.165, 1.54) is 23.3 Å². The number of hydrogen-bond donors (Lipinski definition) is 0. The molecule has 2 aromatic rings. The van der Waals surface area contributed by atoms with Gasteiger partial charge in [-0.15, -0.1) is 0 Å². The van der Waals surface area contributed by atoms with Gasteiger partial charge in [-0.25, -0.2) is 4.39 Å². The fourth-order valence-corrected chi connectivity index (χ4v) is 2.98. The largest absolute Gasteiger partial charge is 0.489 e. The second kappa shape index (κ2) is 6.08. The standard InChI is InChI=1S/C18H17FO2/c19-17-10-4-7-14(11-20)18(17)21-12-15-8-3-6-13-5-1-2-9-16(13)15/h1-2,4-5,7,9-11,15H,3,6,8,12H2. The van der Waals surface area contributed by atoms with Gasteiger partial charge in [0.15, 0.2) is 17.9 Å². The maximum absolute atomic E-state index is 13.8. The number of para-hydroxylation sites is 1. The smallest absolute Gasteiger partial charge is 0.165 e. The van der Waals surface area contributed by atoms with Gasteiger partial charge in [0.1, 0.15) is 0 Å². The van der Waals surface area contributed by atoms with Crippen LogP contribution in [0, 0.1) is 5.82 Å². The summed E-state index contributed by atoms with van der Waals surface area (Å²) in [7, 11) is 0. The molecule has 1 aliphatic rings. The highest BCUT2D eigenvalue weighted by molar-refractivity contribution is 5.79. The van der Waals surface area contributed by atoms with Crippen molar-refractivity contribution >= 4 is 6.29 Å². The number of benzene rings is 2. The quantitative estimate of drug-likeness (QED) is 0.789. The SMILES string of the molecule is O=Cc1cccc(F)c1OCC1CCCc2ccccc21. The number of carbonyl (C=O) groups is 1. The maximum Gasteiger partial charge on any atom is 0.165 e. The summed E-state index contributed by atoms with van der Waals surface area (Å²) in [5, 5.41) is 0. The minimum atomic E-state index is -0.483. The van der Waals surface area contributed by atoms with Crippen LogP contribution in [0.3, 0.4) is 0 Å². The summed E-state index contributed by atoms with van der Waals surface area (Å²) in [4.78, 5) is 11.0. The molecule has 0 aromatic heterocycles. The zero-order valence-corrected chi connectivity index (χ0v) is 11.7. The van der Waals surface area contributed by atoms with Gasteiger partial charge in [0.05, 0.1) is 12.2 Å². The summed E-state index contributed by atoms with van der Waals surface area (Å²) in [6.45, 7) is 0.402. The molecule has 21 heavy (non-hydrogen) atoms. The molecule has 2 aromatic carbocycles. The number of fused-ring (bicyclic) bond motifs is 1. The number of carbonyl (C=O) groups excluding carboxylic acids is 1. The Morgan fingerprint density at radius 2 is 2.05 bits per heavy atom. The Hall–Kier alpha value is -2.16. The van der Waals surface area contributed by atoms with E-state index < -0.39 is 5.82 Å². The van der Waals surface area contributed by atoms with E-state index in [0.29, 0.717) is 12.9 Å². The lowest BCUT2D eigenvalue weighted by atomic mass is 9.83. The van der Waals surface area contributed by atoms with Crippen LogP contribution in [0.15, 0.2) is 42.5 Å². The Kier molecular flexibility index (Phi) is 4.00. The lowest BCUT2D eigenvalue weighted by Crippen LogP contribution is -2.17. The second-order valence-electron chi connectivity index (χ2n) is 5.38. The monoisotopic (exact) mass is 284 g/mol. The highest BCUT2D eigenvalue weighted by Gasteiger charge is 2.21. The molecule has 0 N–H and O–H groups in total. The molecule has 0 heterocycles. The summed E-state index contributed by atoms with van der Waals surface area (Å²) < 4.78 is 19.5. The fraction of sp³-hybridized carbons (Fsp3) is 0.278. The van der Waals surface area contributed by atoms with Gasteiger partial charge in [-0.3, -0.25) is 4.79 Å². The Balaban J connectivity index is 1.79. The second-order valence-corrected chi connectivity index (χ2v) is 5.38. The summed E-state index contributed by atoms with van der Waals surface area (Å²) in [6, 6.07) is 12.7. The maximum atomic E-state index is 13.8. The third kappa shape index (κ3) is 2.82. The van der Waals surface area contributed by atoms with E-state index in [1.807, 2.05) is 12.1 Å². The van der Waals surface area contributed by atoms with Crippen LogP contribution in [-0.4, -0.2) is 12.9 Å². The van der Waals surface area contributed by atoms with E-state index in [1.54, 1.807) is 6.07 Å². The van der Waals surface area contributed by atoms with Crippen LogP contribution in [0.1, 0.15) is 40.2 Å². The van der Waals surface area contributed by atoms with Crippen molar-refractivity contribution in [2.45, 2.75) is 25.2 Å². The van der Waals surface area contributed by atoms with Crippen LogP contribution in [0.25, 0.3) is 0 Å². The molecule has 3 rings (SSSR count). The number of halogens is 1. The van der Waals surface area contributed by atoms with E-state index in [4.69, 9.17) is 4.74 Å². The Labute approximate surface area is 123 Å². The van der Waals surface area contributed by atoms with Crippen molar-refractivity contribution in [1.82, 2.24) is 0 Å². The van der Waals surface area contributed by atoms with Crippen LogP contribution in [0.4, 0.5) is 4.39 Å². The van der Waals surface area contributed by atoms with Crippen molar-refractivity contribution in [3.63, 3.8) is 0 Å². The predicted octanol–water partition coefficient (Wildman–Crippen LogP) is 4.14. The molecule has 0 fully saturated rings. The van der Waals surface area contributed by atoms with Gasteiger partial charge in [-0.2, -0.15) is 0 Å². The highest BCUT2D eigenvalue weighted by Crippen LogP contribution is 2.32. The van der Waals surface area contributed by atoms with Gasteiger partial charge < -0.3 is 4.74 Å². The van der Waals surface area contributed by atoms with E-state index >= 15 is 0 Å². The summed E-state index contributed by atoms with van der Waals surface area (Å²) in [5.74, 6) is -0.159. The topological polar surface area (TPSA) is 26.3 Å². The first-order valence-electron chi connectivity index (χ1n) is 7.24. The average Bonchev–Trinajstić information content (AvgIpc) is 2.53. The van der Waals surface area contributed by atoms with Gasteiger partial charge in [0.25, 0.3) is 0 Å². The lowest BCUT2D eigenvalue weighted by molar-refractivity contribution is 0.111. The molecule has 0 bridgehead atoms. The molecule has 0 saturated heterocycles. The number of aryl methyl sites for hydroxylation is 1. The zero-order chi connectivity index (χ0) is 14.7. The normalized spacial score (nSPS) is 17.1. The molecule has 0 aliphatic heterocycles. The first-order chi connectivity index (χ1) is 10.3. The van der Waals surface area contributed by atoms with E-state index in [0.717, 1.165) is 19.3 Å². The summed E-state index contributed by atoms with van der Waals surface area (Å²) in [6.07, 6.45) is 3.87. The van der Waals surface area contributed by atoms with Crippen molar-refractivity contribution in [3.05, 3.63) is 65.0 Å². The van der Waals surface area contributed by atoms with E-state index in [9.17, 15) is 9.18 Å². The van der Waals surface area contributed by atoms with Crippen LogP contribution in [0.2, 0.25) is 0 Å². The van der Waals surface area contributed by atoms with Crippen LogP contribution < -0.4 is 4.74 Å². The van der Waals surface area contributed by atoms with Gasteiger partial charge in [0.2, 0.25) is 0 Å². The first-order valence-corrected chi connectivity index (χ1v) is 7.24. The molecule has 0 radical (unpaired) electrons. The van der Waals surface area contributed by atoms with E-state index in [-0.39, 0.29) is 17.2 Å². The molecule has 1 aliphatic carbocycles. The third-order valence-corrected chi connectivity index (χ3v) is 4.05. The molecule has 1 atom stereocenters. The van der Waals surface area contributed by atoms with Crippen molar-refractivity contribution < 1.29 is 13.9 Å². The zero-order valence-electron chi connectivity index (χ0n) is 11.7. The molecule has 2 nitrogen and oxygen atoms in total. The fourth-order valence-electron chi connectivity index (χ4n) is 2.98. The van der Waals surface area contributed by atoms with Crippen molar-refractivity contribution in [2.75, 3.05) is 6.61 Å². The number of ether oxygens (including phenoxy) is 1. The van der Waals surface area contributed by atoms with E-state index in [2.05, 4.69) is 12.1 Å². The van der Waals surface area contributed by atoms with Crippen molar-refractivity contribution in [1.29, 1.82) is 0 Å². The average molecular weight is 284 g/mol. The Morgan fingerprint density at radius 3 is 2.90 bits per heavy atom. The van der Waals surface area contributed by atoms with Crippen LogP contribution in [0.5, 0.6) is 5.75 Å². The highest BCUT2D eigenvalue weighted by atomic mass is 19.1. The molecule has 108 valence electrons. The van der Waals surface area contributed by atoms with Gasteiger partial charge >= 0.3 is 0 Å². The molecule has 0 spiro atoms. The predicted molar refractivity (Wildman–Crippen MR) is 79.4 cm³/mol. The van der Waals surface area contributed by atoms with Crippen LogP contribution in [-0.2, 0) is 6.42 Å². The summed E-state index contributed by atoms with van der Waals surface area (Å²) in [5.41, 5.74) is 2.90. The third-order valence-electron chi connectivity index (χ3n) is 4.05. The van der Waals surface area contributed by atoms with Gasteiger partial charge in [0, 0.05) is 5.92 Å². The van der Waals surface area contributed by atoms with Crippen LogP contribution >= 0.6 is 0 Å². The first kappa shape index (κ1) is 13.8. The minimum Gasteiger partial charge on any atom is -0.489 e. The van der Waals surface area contributed by atoms with Crippen molar-refractivity contribution in [3.8, 4) is 5.75 Å². The molecular weight excluding hydrogens is 267 g/mol. The molecule has 0 amide bonds. The molecule has 0 saturated carbocycles. The molecule has 3 heteroatoms. The number of rotatable bonds is 4. The van der Waals surface area contributed by atoms with Gasteiger partial charge in [-0.05, 0) is 42.5 Å². The summed E-state index contributed by atoms with van der Waals surface area (Å²) >= 11 is 0. The molecule has 1 unspecified atom stereocenters. The van der Waals surface area contributed by atoms with Gasteiger partial charge in [-0.1, -0.05) is 30.3 Å². The lowest BCUT2D eigenvalue weighted by Gasteiger charge is -2.25. The Bertz CT molecular complexity index is 651. The number of aldehydes is 1. The molecular formula is C18H17FO2.